The fourth-order valence-electron chi connectivity index (χ4n) is 2.82. The molecule has 2 aliphatic rings. The van der Waals surface area contributed by atoms with Crippen LogP contribution in [0.3, 0.4) is 0 Å². The fraction of sp³-hybridized carbons (Fsp3) is 0.800. The van der Waals surface area contributed by atoms with Gasteiger partial charge in [-0.25, -0.2) is 8.42 Å². The second kappa shape index (κ2) is 8.24. The Morgan fingerprint density at radius 2 is 2.36 bits per heavy atom. The van der Waals surface area contributed by atoms with Crippen molar-refractivity contribution in [3.8, 4) is 0 Å². The Labute approximate surface area is 138 Å². The Kier molecular flexibility index (Phi) is 6.62. The van der Waals surface area contributed by atoms with Gasteiger partial charge in [0.2, 0.25) is 0 Å². The predicted octanol–water partition coefficient (Wildman–Crippen LogP) is 1.38. The van der Waals surface area contributed by atoms with Gasteiger partial charge in [0.25, 0.3) is 0 Å². The predicted molar refractivity (Wildman–Crippen MR) is 95.4 cm³/mol. The van der Waals surface area contributed by atoms with Crippen molar-refractivity contribution >= 4 is 27.6 Å². The van der Waals surface area contributed by atoms with E-state index in [2.05, 4.69) is 23.7 Å². The first kappa shape index (κ1) is 17.7. The molecule has 2 saturated heterocycles. The van der Waals surface area contributed by atoms with Crippen molar-refractivity contribution in [1.82, 2.24) is 10.2 Å². The monoisotopic (exact) mass is 345 g/mol. The van der Waals surface area contributed by atoms with E-state index in [-0.39, 0.29) is 5.92 Å². The summed E-state index contributed by atoms with van der Waals surface area (Å²) in [5, 5.41) is 3.98. The molecule has 0 amide bonds. The highest BCUT2D eigenvalue weighted by Gasteiger charge is 2.28. The van der Waals surface area contributed by atoms with Crippen LogP contribution in [0, 0.1) is 5.92 Å². The zero-order chi connectivity index (χ0) is 16.0. The molecular formula is C15H27N3O2S2. The third-order valence-corrected chi connectivity index (χ3v) is 7.33. The zero-order valence-electron chi connectivity index (χ0n) is 13.3. The summed E-state index contributed by atoms with van der Waals surface area (Å²) in [5.41, 5.74) is 0. The van der Waals surface area contributed by atoms with Crippen LogP contribution in [0.25, 0.3) is 0 Å². The number of hydrogen-bond acceptors (Lipinski definition) is 4. The Balaban J connectivity index is 1.98. The summed E-state index contributed by atoms with van der Waals surface area (Å²) in [6.45, 7) is 9.25. The molecule has 0 radical (unpaired) electrons. The summed E-state index contributed by atoms with van der Waals surface area (Å²) >= 11 is 2.03. The normalized spacial score (nSPS) is 28.6. The molecule has 2 heterocycles. The molecular weight excluding hydrogens is 318 g/mol. The van der Waals surface area contributed by atoms with Crippen molar-refractivity contribution in [2.24, 2.45) is 10.9 Å². The molecule has 0 spiro atoms. The topological polar surface area (TPSA) is 61.8 Å². The molecule has 0 saturated carbocycles. The van der Waals surface area contributed by atoms with Crippen LogP contribution in [-0.4, -0.2) is 68.0 Å². The van der Waals surface area contributed by atoms with Gasteiger partial charge < -0.3 is 10.2 Å². The molecule has 1 N–H and O–H groups in total. The molecule has 0 aromatic rings. The van der Waals surface area contributed by atoms with E-state index in [1.165, 1.54) is 0 Å². The lowest BCUT2D eigenvalue weighted by atomic mass is 10.1. The highest BCUT2D eigenvalue weighted by Crippen LogP contribution is 2.22. The number of aliphatic imine (C=N–C) groups is 1. The van der Waals surface area contributed by atoms with Gasteiger partial charge in [0.1, 0.15) is 0 Å². The van der Waals surface area contributed by atoms with Crippen LogP contribution in [0.2, 0.25) is 0 Å². The first-order valence-corrected chi connectivity index (χ1v) is 10.9. The number of thioether (sulfide) groups is 1. The first-order valence-electron chi connectivity index (χ1n) is 8.00. The molecule has 2 fully saturated rings. The molecule has 126 valence electrons. The van der Waals surface area contributed by atoms with Crippen molar-refractivity contribution in [3.63, 3.8) is 0 Å². The number of nitrogens with one attached hydrogen (secondary N) is 1. The average Bonchev–Trinajstić information content (AvgIpc) is 2.86. The Morgan fingerprint density at radius 1 is 1.55 bits per heavy atom. The van der Waals surface area contributed by atoms with E-state index in [1.54, 1.807) is 0 Å². The van der Waals surface area contributed by atoms with Crippen LogP contribution in [0.15, 0.2) is 17.6 Å². The quantitative estimate of drug-likeness (QED) is 0.463. The van der Waals surface area contributed by atoms with Gasteiger partial charge in [0.15, 0.2) is 15.8 Å². The molecule has 7 heteroatoms. The summed E-state index contributed by atoms with van der Waals surface area (Å²) in [7, 11) is -2.82. The minimum absolute atomic E-state index is 0.173. The van der Waals surface area contributed by atoms with Crippen molar-refractivity contribution < 1.29 is 8.42 Å². The number of rotatable bonds is 5. The first-order chi connectivity index (χ1) is 10.5. The van der Waals surface area contributed by atoms with Crippen LogP contribution >= 0.6 is 11.8 Å². The van der Waals surface area contributed by atoms with E-state index in [4.69, 9.17) is 4.99 Å². The Hall–Kier alpha value is -0.690. The van der Waals surface area contributed by atoms with Gasteiger partial charge in [-0.3, -0.25) is 4.99 Å². The van der Waals surface area contributed by atoms with Crippen molar-refractivity contribution in [2.75, 3.05) is 43.4 Å². The molecule has 0 aromatic carbocycles. The third kappa shape index (κ3) is 5.19. The standard InChI is InChI=1S/C15H27N3O2S2/c1-3-6-16-15(18-7-8-21-14(4-2)11-18)17-10-13-5-9-22(19,20)12-13/h3,13-14H,1,4-12H2,2H3,(H,16,17). The number of hydrogen-bond donors (Lipinski definition) is 1. The van der Waals surface area contributed by atoms with Crippen LogP contribution < -0.4 is 5.32 Å². The smallest absolute Gasteiger partial charge is 0.194 e. The second-order valence-electron chi connectivity index (χ2n) is 5.95. The summed E-state index contributed by atoms with van der Waals surface area (Å²) in [6, 6.07) is 0. The summed E-state index contributed by atoms with van der Waals surface area (Å²) in [6.07, 6.45) is 3.73. The third-order valence-electron chi connectivity index (χ3n) is 4.12. The van der Waals surface area contributed by atoms with Gasteiger partial charge in [-0.05, 0) is 18.8 Å². The van der Waals surface area contributed by atoms with Gasteiger partial charge in [-0.1, -0.05) is 13.0 Å². The van der Waals surface area contributed by atoms with Gasteiger partial charge in [0.05, 0.1) is 11.5 Å². The van der Waals surface area contributed by atoms with Crippen LogP contribution in [0.4, 0.5) is 0 Å². The van der Waals surface area contributed by atoms with Gasteiger partial charge in [-0.15, -0.1) is 6.58 Å². The van der Waals surface area contributed by atoms with E-state index in [0.29, 0.717) is 29.8 Å². The lowest BCUT2D eigenvalue weighted by Crippen LogP contribution is -2.48. The maximum atomic E-state index is 11.6. The lowest BCUT2D eigenvalue weighted by molar-refractivity contribution is 0.407. The van der Waals surface area contributed by atoms with E-state index in [1.807, 2.05) is 17.8 Å². The number of sulfone groups is 1. The van der Waals surface area contributed by atoms with E-state index >= 15 is 0 Å². The number of guanidine groups is 1. The SMILES string of the molecule is C=CCNC(=NCC1CCS(=O)(=O)C1)N1CCSC(CC)C1. The molecule has 0 aliphatic carbocycles. The van der Waals surface area contributed by atoms with Gasteiger partial charge in [0, 0.05) is 37.2 Å². The highest BCUT2D eigenvalue weighted by molar-refractivity contribution is 8.00. The van der Waals surface area contributed by atoms with Gasteiger partial charge in [-0.2, -0.15) is 11.8 Å². The van der Waals surface area contributed by atoms with Crippen LogP contribution in [-0.2, 0) is 9.84 Å². The van der Waals surface area contributed by atoms with E-state index < -0.39 is 9.84 Å². The van der Waals surface area contributed by atoms with Crippen molar-refractivity contribution in [1.29, 1.82) is 0 Å². The molecule has 2 unspecified atom stereocenters. The second-order valence-corrected chi connectivity index (χ2v) is 9.59. The molecule has 0 bridgehead atoms. The van der Waals surface area contributed by atoms with E-state index in [9.17, 15) is 8.42 Å². The highest BCUT2D eigenvalue weighted by atomic mass is 32.2. The maximum Gasteiger partial charge on any atom is 0.194 e. The van der Waals surface area contributed by atoms with Crippen LogP contribution in [0.1, 0.15) is 19.8 Å². The molecule has 0 aromatic heterocycles. The maximum absolute atomic E-state index is 11.6. The summed E-state index contributed by atoms with van der Waals surface area (Å²) in [5.74, 6) is 2.81. The summed E-state index contributed by atoms with van der Waals surface area (Å²) in [4.78, 5) is 7.01. The molecule has 22 heavy (non-hydrogen) atoms. The largest absolute Gasteiger partial charge is 0.353 e. The molecule has 5 nitrogen and oxygen atoms in total. The Bertz CT molecular complexity index is 505. The van der Waals surface area contributed by atoms with Crippen molar-refractivity contribution in [3.05, 3.63) is 12.7 Å². The summed E-state index contributed by atoms with van der Waals surface area (Å²) < 4.78 is 23.1. The molecule has 2 rings (SSSR count). The average molecular weight is 346 g/mol. The minimum atomic E-state index is -2.82. The Morgan fingerprint density at radius 3 is 3.00 bits per heavy atom. The van der Waals surface area contributed by atoms with E-state index in [0.717, 1.165) is 37.6 Å². The minimum Gasteiger partial charge on any atom is -0.353 e. The fourth-order valence-corrected chi connectivity index (χ4v) is 5.85. The molecule has 2 atom stereocenters. The van der Waals surface area contributed by atoms with Crippen LogP contribution in [0.5, 0.6) is 0 Å². The zero-order valence-corrected chi connectivity index (χ0v) is 15.0. The van der Waals surface area contributed by atoms with Gasteiger partial charge >= 0.3 is 0 Å². The van der Waals surface area contributed by atoms with Crippen molar-refractivity contribution in [2.45, 2.75) is 25.0 Å². The molecule has 2 aliphatic heterocycles. The number of nitrogens with zero attached hydrogens (tertiary/aromatic N) is 2. The lowest BCUT2D eigenvalue weighted by Gasteiger charge is -2.34.